The summed E-state index contributed by atoms with van der Waals surface area (Å²) < 4.78 is 1.94. The summed E-state index contributed by atoms with van der Waals surface area (Å²) in [6.07, 6.45) is 8.91. The molecule has 3 heterocycles. The third-order valence-electron chi connectivity index (χ3n) is 4.16. The van der Waals surface area contributed by atoms with Gasteiger partial charge in [0.1, 0.15) is 5.52 Å². The summed E-state index contributed by atoms with van der Waals surface area (Å²) in [6, 6.07) is 2.12. The first-order valence-electron chi connectivity index (χ1n) is 7.07. The van der Waals surface area contributed by atoms with Gasteiger partial charge in [0, 0.05) is 25.5 Å². The Hall–Kier alpha value is -1.84. The Morgan fingerprint density at radius 2 is 1.79 bits per heavy atom. The molecule has 2 fully saturated rings. The average molecular weight is 254 g/mol. The van der Waals surface area contributed by atoms with Gasteiger partial charge in [0.25, 0.3) is 0 Å². The molecule has 4 nitrogen and oxygen atoms in total. The zero-order chi connectivity index (χ0) is 12.8. The van der Waals surface area contributed by atoms with E-state index in [1.807, 2.05) is 23.8 Å². The maximum absolute atomic E-state index is 4.58. The Kier molecular flexibility index (Phi) is 2.37. The number of anilines is 1. The number of hydrogen-bond acceptors (Lipinski definition) is 3. The number of nitrogens with zero attached hydrogens (tertiary/aromatic N) is 4. The molecule has 1 aliphatic carbocycles. The summed E-state index contributed by atoms with van der Waals surface area (Å²) in [7, 11) is 0. The predicted molar refractivity (Wildman–Crippen MR) is 75.4 cm³/mol. The van der Waals surface area contributed by atoms with Gasteiger partial charge < -0.3 is 4.90 Å². The van der Waals surface area contributed by atoms with Gasteiger partial charge in [-0.05, 0) is 38.7 Å². The van der Waals surface area contributed by atoms with Crippen molar-refractivity contribution in [2.75, 3.05) is 18.0 Å². The van der Waals surface area contributed by atoms with E-state index < -0.39 is 0 Å². The predicted octanol–water partition coefficient (Wildman–Crippen LogP) is 2.73. The van der Waals surface area contributed by atoms with Gasteiger partial charge in [-0.3, -0.25) is 0 Å². The van der Waals surface area contributed by atoms with Crippen LogP contribution in [0.25, 0.3) is 5.52 Å². The molecule has 0 radical (unpaired) electrons. The summed E-state index contributed by atoms with van der Waals surface area (Å²) in [4.78, 5) is 6.98. The van der Waals surface area contributed by atoms with E-state index in [4.69, 9.17) is 0 Å². The van der Waals surface area contributed by atoms with Gasteiger partial charge in [-0.15, -0.1) is 0 Å². The Bertz CT molecular complexity index is 652. The molecule has 4 rings (SSSR count). The molecule has 1 saturated heterocycles. The van der Waals surface area contributed by atoms with Crippen molar-refractivity contribution in [2.24, 2.45) is 0 Å². The van der Waals surface area contributed by atoms with E-state index in [0.29, 0.717) is 0 Å². The monoisotopic (exact) mass is 254 g/mol. The topological polar surface area (TPSA) is 33.4 Å². The third-order valence-corrected chi connectivity index (χ3v) is 4.16. The second-order valence-electron chi connectivity index (χ2n) is 5.56. The first-order valence-corrected chi connectivity index (χ1v) is 7.07. The van der Waals surface area contributed by atoms with Crippen LogP contribution in [-0.2, 0) is 0 Å². The number of rotatable bonds is 1. The highest BCUT2D eigenvalue weighted by Crippen LogP contribution is 2.36. The first kappa shape index (κ1) is 11.0. The molecular weight excluding hydrogens is 236 g/mol. The standard InChI is InChI=1S/C15H18N4/c1-11-10-14-15(16-6-9-19(14)17-11)18-7-4-13(5-8-18)12-2-3-12/h6,9-10H,2-5,7-8H2,1H3. The van der Waals surface area contributed by atoms with Gasteiger partial charge in [-0.25, -0.2) is 9.50 Å². The van der Waals surface area contributed by atoms with Crippen LogP contribution >= 0.6 is 0 Å². The Morgan fingerprint density at radius 1 is 1.05 bits per heavy atom. The second-order valence-corrected chi connectivity index (χ2v) is 5.56. The molecule has 2 aromatic rings. The number of allylic oxidation sites excluding steroid dienone is 1. The fraction of sp³-hybridized carbons (Fsp3) is 0.467. The molecule has 0 spiro atoms. The fourth-order valence-electron chi connectivity index (χ4n) is 3.03. The van der Waals surface area contributed by atoms with E-state index in [1.54, 1.807) is 11.1 Å². The molecule has 2 aromatic heterocycles. The Morgan fingerprint density at radius 3 is 2.53 bits per heavy atom. The zero-order valence-electron chi connectivity index (χ0n) is 11.3. The van der Waals surface area contributed by atoms with Crippen molar-refractivity contribution in [1.29, 1.82) is 0 Å². The van der Waals surface area contributed by atoms with Gasteiger partial charge in [0.2, 0.25) is 0 Å². The number of fused-ring (bicyclic) bond motifs is 1. The molecule has 4 heteroatoms. The molecule has 0 unspecified atom stereocenters. The number of aryl methyl sites for hydroxylation is 1. The second kappa shape index (κ2) is 4.08. The minimum Gasteiger partial charge on any atom is -0.354 e. The van der Waals surface area contributed by atoms with Gasteiger partial charge >= 0.3 is 0 Å². The SMILES string of the molecule is Cc1cc2c(N3CCC(=C4CC4)CC3)nccn2n1. The summed E-state index contributed by atoms with van der Waals surface area (Å²) >= 11 is 0. The summed E-state index contributed by atoms with van der Waals surface area (Å²) in [5, 5.41) is 4.46. The summed E-state index contributed by atoms with van der Waals surface area (Å²) in [5.41, 5.74) is 5.62. The van der Waals surface area contributed by atoms with Gasteiger partial charge in [0.15, 0.2) is 5.82 Å². The molecule has 19 heavy (non-hydrogen) atoms. The maximum atomic E-state index is 4.58. The van der Waals surface area contributed by atoms with Crippen LogP contribution in [0.15, 0.2) is 29.6 Å². The van der Waals surface area contributed by atoms with Gasteiger partial charge in [-0.1, -0.05) is 11.1 Å². The van der Waals surface area contributed by atoms with Crippen molar-refractivity contribution in [1.82, 2.24) is 14.6 Å². The normalized spacial score (nSPS) is 19.3. The molecular formula is C15H18N4. The molecule has 1 saturated carbocycles. The van der Waals surface area contributed by atoms with E-state index in [0.717, 1.165) is 30.1 Å². The lowest BCUT2D eigenvalue weighted by molar-refractivity contribution is 0.674. The lowest BCUT2D eigenvalue weighted by atomic mass is 10.0. The number of hydrogen-bond donors (Lipinski definition) is 0. The van der Waals surface area contributed by atoms with Crippen molar-refractivity contribution >= 4 is 11.3 Å². The Labute approximate surface area is 112 Å². The molecule has 2 aliphatic rings. The first-order chi connectivity index (χ1) is 9.31. The van der Waals surface area contributed by atoms with Crippen molar-refractivity contribution in [3.05, 3.63) is 35.3 Å². The van der Waals surface area contributed by atoms with Gasteiger partial charge in [-0.2, -0.15) is 5.10 Å². The van der Waals surface area contributed by atoms with Crippen LogP contribution in [0.1, 0.15) is 31.4 Å². The number of aromatic nitrogens is 3. The highest BCUT2D eigenvalue weighted by Gasteiger charge is 2.23. The quantitative estimate of drug-likeness (QED) is 0.734. The fourth-order valence-corrected chi connectivity index (χ4v) is 3.03. The van der Waals surface area contributed by atoms with Gasteiger partial charge in [0.05, 0.1) is 5.69 Å². The minimum atomic E-state index is 1.05. The van der Waals surface area contributed by atoms with Crippen LogP contribution < -0.4 is 4.90 Å². The van der Waals surface area contributed by atoms with Crippen molar-refractivity contribution in [3.8, 4) is 0 Å². The smallest absolute Gasteiger partial charge is 0.154 e. The largest absolute Gasteiger partial charge is 0.354 e. The zero-order valence-corrected chi connectivity index (χ0v) is 11.3. The molecule has 0 amide bonds. The number of piperidine rings is 1. The third kappa shape index (κ3) is 1.91. The van der Waals surface area contributed by atoms with E-state index in [1.165, 1.54) is 25.7 Å². The van der Waals surface area contributed by atoms with Crippen LogP contribution in [0.3, 0.4) is 0 Å². The lowest BCUT2D eigenvalue weighted by Gasteiger charge is -2.29. The van der Waals surface area contributed by atoms with Crippen molar-refractivity contribution < 1.29 is 0 Å². The van der Waals surface area contributed by atoms with E-state index >= 15 is 0 Å². The van der Waals surface area contributed by atoms with Crippen LogP contribution in [0.2, 0.25) is 0 Å². The molecule has 0 aromatic carbocycles. The van der Waals surface area contributed by atoms with E-state index in [2.05, 4.69) is 21.0 Å². The van der Waals surface area contributed by atoms with Crippen LogP contribution in [0, 0.1) is 6.92 Å². The van der Waals surface area contributed by atoms with Crippen LogP contribution in [0.4, 0.5) is 5.82 Å². The minimum absolute atomic E-state index is 1.05. The maximum Gasteiger partial charge on any atom is 0.154 e. The molecule has 98 valence electrons. The van der Waals surface area contributed by atoms with Crippen LogP contribution in [-0.4, -0.2) is 27.7 Å². The van der Waals surface area contributed by atoms with E-state index in [9.17, 15) is 0 Å². The molecule has 1 aliphatic heterocycles. The van der Waals surface area contributed by atoms with Crippen molar-refractivity contribution in [2.45, 2.75) is 32.6 Å². The average Bonchev–Trinajstić information content (AvgIpc) is 3.20. The Balaban J connectivity index is 1.66. The summed E-state index contributed by atoms with van der Waals surface area (Å²) in [6.45, 7) is 4.22. The summed E-state index contributed by atoms with van der Waals surface area (Å²) in [5.74, 6) is 1.09. The van der Waals surface area contributed by atoms with Crippen molar-refractivity contribution in [3.63, 3.8) is 0 Å². The highest BCUT2D eigenvalue weighted by atomic mass is 15.3. The van der Waals surface area contributed by atoms with E-state index in [-0.39, 0.29) is 0 Å². The highest BCUT2D eigenvalue weighted by molar-refractivity contribution is 5.69. The molecule has 0 N–H and O–H groups in total. The van der Waals surface area contributed by atoms with Crippen LogP contribution in [0.5, 0.6) is 0 Å². The molecule has 0 atom stereocenters. The lowest BCUT2D eigenvalue weighted by Crippen LogP contribution is -2.31. The molecule has 0 bridgehead atoms.